The lowest BCUT2D eigenvalue weighted by molar-refractivity contribution is 0.569. The van der Waals surface area contributed by atoms with Crippen LogP contribution in [0.1, 0.15) is 0 Å². The van der Waals surface area contributed by atoms with E-state index in [1.807, 2.05) is 0 Å². The van der Waals surface area contributed by atoms with Crippen molar-refractivity contribution < 1.29 is 8.96 Å². The Morgan fingerprint density at radius 2 is 1.71 bits per heavy atom. The highest BCUT2D eigenvalue weighted by atomic mass is 31.2. The molecule has 0 aliphatic carbocycles. The molecule has 0 saturated carbocycles. The summed E-state index contributed by atoms with van der Waals surface area (Å²) >= 11 is 0. The molecule has 1 aromatic rings. The van der Waals surface area contributed by atoms with E-state index in [4.69, 9.17) is 0 Å². The van der Waals surface area contributed by atoms with Crippen molar-refractivity contribution in [3.8, 4) is 0 Å². The molecular weight excluding hydrogens is 200 g/mol. The van der Waals surface area contributed by atoms with Crippen molar-refractivity contribution in [3.63, 3.8) is 0 Å². The molecule has 0 radical (unpaired) electrons. The van der Waals surface area contributed by atoms with Gasteiger partial charge in [-0.3, -0.25) is 0 Å². The maximum Gasteiger partial charge on any atom is 0.123 e. The second kappa shape index (κ2) is 3.84. The number of halogens is 1. The maximum atomic E-state index is 12.7. The van der Waals surface area contributed by atoms with Crippen LogP contribution in [-0.2, 0) is 4.57 Å². The third-order valence-electron chi connectivity index (χ3n) is 2.60. The van der Waals surface area contributed by atoms with Gasteiger partial charge in [0.05, 0.1) is 0 Å². The zero-order valence-electron chi connectivity index (χ0n) is 7.87. The average molecular weight is 213 g/mol. The van der Waals surface area contributed by atoms with Crippen molar-refractivity contribution in [1.29, 1.82) is 0 Å². The SMILES string of the molecule is O=P1(c2ccc(F)cc2)CCNCC1. The van der Waals surface area contributed by atoms with Gasteiger partial charge in [0.25, 0.3) is 0 Å². The molecule has 1 aliphatic rings. The molecule has 2 nitrogen and oxygen atoms in total. The van der Waals surface area contributed by atoms with Crippen LogP contribution in [0.15, 0.2) is 24.3 Å². The molecular formula is C10H13FNOP. The summed E-state index contributed by atoms with van der Waals surface area (Å²) in [5, 5.41) is 3.99. The number of rotatable bonds is 1. The summed E-state index contributed by atoms with van der Waals surface area (Å²) in [6.45, 7) is 1.60. The molecule has 0 amide bonds. The monoisotopic (exact) mass is 213 g/mol. The smallest absolute Gasteiger partial charge is 0.123 e. The largest absolute Gasteiger partial charge is 0.319 e. The molecule has 1 heterocycles. The Bertz CT molecular complexity index is 353. The molecule has 0 bridgehead atoms. The van der Waals surface area contributed by atoms with Gasteiger partial charge in [0, 0.05) is 30.7 Å². The Balaban J connectivity index is 2.28. The fraction of sp³-hybridized carbons (Fsp3) is 0.400. The van der Waals surface area contributed by atoms with Crippen LogP contribution in [0.3, 0.4) is 0 Å². The van der Waals surface area contributed by atoms with E-state index in [9.17, 15) is 8.96 Å². The maximum absolute atomic E-state index is 12.7. The van der Waals surface area contributed by atoms with Crippen molar-refractivity contribution in [2.45, 2.75) is 0 Å². The average Bonchev–Trinajstić information content (AvgIpc) is 2.19. The minimum absolute atomic E-state index is 0.268. The minimum Gasteiger partial charge on any atom is -0.319 e. The topological polar surface area (TPSA) is 29.1 Å². The highest BCUT2D eigenvalue weighted by Gasteiger charge is 2.26. The first-order valence-electron chi connectivity index (χ1n) is 4.76. The van der Waals surface area contributed by atoms with E-state index < -0.39 is 7.14 Å². The van der Waals surface area contributed by atoms with Gasteiger partial charge in [-0.05, 0) is 24.3 Å². The van der Waals surface area contributed by atoms with Crippen LogP contribution < -0.4 is 10.6 Å². The molecule has 0 aromatic heterocycles. The highest BCUT2D eigenvalue weighted by Crippen LogP contribution is 2.44. The van der Waals surface area contributed by atoms with E-state index in [0.717, 1.165) is 18.4 Å². The second-order valence-corrected chi connectivity index (χ2v) is 6.75. The van der Waals surface area contributed by atoms with E-state index in [-0.39, 0.29) is 5.82 Å². The number of nitrogens with one attached hydrogen (secondary N) is 1. The fourth-order valence-electron chi connectivity index (χ4n) is 1.73. The summed E-state index contributed by atoms with van der Waals surface area (Å²) in [6, 6.07) is 6.08. The van der Waals surface area contributed by atoms with Gasteiger partial charge in [-0.1, -0.05) is 0 Å². The van der Waals surface area contributed by atoms with E-state index in [1.54, 1.807) is 12.1 Å². The van der Waals surface area contributed by atoms with Gasteiger partial charge in [0.1, 0.15) is 13.0 Å². The fourth-order valence-corrected chi connectivity index (χ4v) is 4.20. The van der Waals surface area contributed by atoms with E-state index in [2.05, 4.69) is 5.32 Å². The lowest BCUT2D eigenvalue weighted by atomic mass is 10.3. The molecule has 76 valence electrons. The van der Waals surface area contributed by atoms with Gasteiger partial charge in [0.2, 0.25) is 0 Å². The van der Waals surface area contributed by atoms with Crippen molar-refractivity contribution in [1.82, 2.24) is 5.32 Å². The summed E-state index contributed by atoms with van der Waals surface area (Å²) in [7, 11) is -2.21. The van der Waals surface area contributed by atoms with Crippen LogP contribution in [0, 0.1) is 5.82 Å². The quantitative estimate of drug-likeness (QED) is 0.715. The Morgan fingerprint density at radius 1 is 1.14 bits per heavy atom. The molecule has 0 spiro atoms. The lowest BCUT2D eigenvalue weighted by Crippen LogP contribution is -2.32. The summed E-state index contributed by atoms with van der Waals surface area (Å²) < 4.78 is 25.1. The van der Waals surface area contributed by atoms with Crippen molar-refractivity contribution >= 4 is 12.4 Å². The van der Waals surface area contributed by atoms with Crippen LogP contribution in [0.25, 0.3) is 0 Å². The Hall–Kier alpha value is -0.660. The Kier molecular flexibility index (Phi) is 2.71. The zero-order valence-corrected chi connectivity index (χ0v) is 8.77. The standard InChI is InChI=1S/C10H13FNOP/c11-9-1-3-10(4-2-9)14(13)7-5-12-6-8-14/h1-4,12H,5-8H2. The van der Waals surface area contributed by atoms with Gasteiger partial charge in [-0.25, -0.2) is 4.39 Å². The molecule has 2 rings (SSSR count). The normalized spacial score (nSPS) is 20.6. The minimum atomic E-state index is -2.21. The summed E-state index contributed by atoms with van der Waals surface area (Å²) in [5.41, 5.74) is 0. The van der Waals surface area contributed by atoms with Crippen LogP contribution in [0.5, 0.6) is 0 Å². The Morgan fingerprint density at radius 3 is 2.29 bits per heavy atom. The number of benzene rings is 1. The number of hydrogen-bond acceptors (Lipinski definition) is 2. The third kappa shape index (κ3) is 1.89. The molecule has 1 fully saturated rings. The zero-order chi connectivity index (χ0) is 10.0. The van der Waals surface area contributed by atoms with Gasteiger partial charge in [-0.2, -0.15) is 0 Å². The molecule has 1 saturated heterocycles. The van der Waals surface area contributed by atoms with Crippen LogP contribution in [-0.4, -0.2) is 25.4 Å². The highest BCUT2D eigenvalue weighted by molar-refractivity contribution is 7.71. The van der Waals surface area contributed by atoms with Gasteiger partial charge >= 0.3 is 0 Å². The first-order valence-corrected chi connectivity index (χ1v) is 6.83. The predicted octanol–water partition coefficient (Wildman–Crippen LogP) is 1.42. The number of hydrogen-bond donors (Lipinski definition) is 1. The third-order valence-corrected chi connectivity index (χ3v) is 5.73. The van der Waals surface area contributed by atoms with Gasteiger partial charge in [-0.15, -0.1) is 0 Å². The molecule has 0 unspecified atom stereocenters. The van der Waals surface area contributed by atoms with E-state index in [1.165, 1.54) is 12.1 Å². The first-order chi connectivity index (χ1) is 6.71. The van der Waals surface area contributed by atoms with Crippen molar-refractivity contribution in [2.24, 2.45) is 0 Å². The molecule has 1 aromatic carbocycles. The molecule has 4 heteroatoms. The van der Waals surface area contributed by atoms with E-state index in [0.29, 0.717) is 12.3 Å². The molecule has 14 heavy (non-hydrogen) atoms. The van der Waals surface area contributed by atoms with Crippen LogP contribution in [0.2, 0.25) is 0 Å². The first kappa shape index (κ1) is 9.88. The van der Waals surface area contributed by atoms with Gasteiger partial charge in [0.15, 0.2) is 0 Å². The van der Waals surface area contributed by atoms with Crippen LogP contribution in [0.4, 0.5) is 4.39 Å². The summed E-state index contributed by atoms with van der Waals surface area (Å²) in [6.07, 6.45) is 1.39. The predicted molar refractivity (Wildman–Crippen MR) is 56.2 cm³/mol. The summed E-state index contributed by atoms with van der Waals surface area (Å²) in [5.74, 6) is -0.268. The van der Waals surface area contributed by atoms with Crippen LogP contribution >= 0.6 is 7.14 Å². The van der Waals surface area contributed by atoms with Crippen molar-refractivity contribution in [3.05, 3.63) is 30.1 Å². The molecule has 0 atom stereocenters. The second-order valence-electron chi connectivity index (χ2n) is 3.56. The molecule has 1 N–H and O–H groups in total. The Labute approximate surface area is 82.9 Å². The van der Waals surface area contributed by atoms with Crippen molar-refractivity contribution in [2.75, 3.05) is 25.4 Å². The molecule has 1 aliphatic heterocycles. The summed E-state index contributed by atoms with van der Waals surface area (Å²) in [4.78, 5) is 0. The lowest BCUT2D eigenvalue weighted by Gasteiger charge is -2.23. The van der Waals surface area contributed by atoms with Gasteiger partial charge < -0.3 is 9.88 Å². The van der Waals surface area contributed by atoms with E-state index >= 15 is 0 Å².